The number of hydrogen-bond donors (Lipinski definition) is 2. The molecule has 0 atom stereocenters. The van der Waals surface area contributed by atoms with Gasteiger partial charge in [0.2, 0.25) is 5.91 Å². The van der Waals surface area contributed by atoms with Crippen LogP contribution in [0.25, 0.3) is 0 Å². The monoisotopic (exact) mass is 281 g/mol. The highest BCUT2D eigenvalue weighted by Gasteiger charge is 2.34. The highest BCUT2D eigenvalue weighted by atomic mass is 16.4. The molecule has 112 valence electrons. The third kappa shape index (κ3) is 4.08. The molecule has 2 N–H and O–H groups in total. The molecule has 0 saturated carbocycles. The molecule has 0 unspecified atom stereocenters. The Morgan fingerprint density at radius 3 is 2.50 bits per heavy atom. The summed E-state index contributed by atoms with van der Waals surface area (Å²) >= 11 is 0. The fourth-order valence-corrected chi connectivity index (χ4v) is 2.09. The zero-order chi connectivity index (χ0) is 15.2. The molecule has 1 heterocycles. The first-order valence-corrected chi connectivity index (χ1v) is 6.91. The largest absolute Gasteiger partial charge is 0.481 e. The predicted octanol–water partition coefficient (Wildman–Crippen LogP) is 1.36. The van der Waals surface area contributed by atoms with Crippen LogP contribution in [-0.2, 0) is 23.1 Å². The van der Waals surface area contributed by atoms with Crippen LogP contribution < -0.4 is 5.32 Å². The smallest absolute Gasteiger partial charge is 0.311 e. The molecule has 1 aromatic heterocycles. The average Bonchev–Trinajstić information content (AvgIpc) is 2.83. The van der Waals surface area contributed by atoms with E-state index in [0.717, 1.165) is 5.56 Å². The van der Waals surface area contributed by atoms with Gasteiger partial charge in [0.1, 0.15) is 0 Å². The minimum atomic E-state index is -0.857. The summed E-state index contributed by atoms with van der Waals surface area (Å²) in [5, 5.41) is 16.1. The maximum atomic E-state index is 11.8. The number of aromatic nitrogens is 2. The van der Waals surface area contributed by atoms with Crippen molar-refractivity contribution in [1.29, 1.82) is 0 Å². The molecule has 0 spiro atoms. The summed E-state index contributed by atoms with van der Waals surface area (Å²) in [5.74, 6) is -0.976. The van der Waals surface area contributed by atoms with Gasteiger partial charge < -0.3 is 10.4 Å². The Morgan fingerprint density at radius 1 is 1.40 bits per heavy atom. The van der Waals surface area contributed by atoms with E-state index < -0.39 is 11.4 Å². The predicted molar refractivity (Wildman–Crippen MR) is 75.2 cm³/mol. The van der Waals surface area contributed by atoms with Crippen molar-refractivity contribution in [2.24, 2.45) is 12.5 Å². The number of aliphatic carboxylic acids is 1. The second-order valence-electron chi connectivity index (χ2n) is 5.09. The summed E-state index contributed by atoms with van der Waals surface area (Å²) in [7, 11) is 1.83. The number of carboxylic acid groups (broad SMARTS) is 1. The van der Waals surface area contributed by atoms with E-state index in [4.69, 9.17) is 0 Å². The SMILES string of the molecule is CCC(CC)(CNC(=O)CCc1cnn(C)c1)C(=O)O. The van der Waals surface area contributed by atoms with E-state index in [1.165, 1.54) is 0 Å². The molecular weight excluding hydrogens is 258 g/mol. The molecule has 1 aromatic rings. The van der Waals surface area contributed by atoms with Crippen molar-refractivity contribution in [3.63, 3.8) is 0 Å². The molecule has 0 bridgehead atoms. The second-order valence-corrected chi connectivity index (χ2v) is 5.09. The number of hydrogen-bond acceptors (Lipinski definition) is 3. The van der Waals surface area contributed by atoms with Crippen LogP contribution in [0.15, 0.2) is 12.4 Å². The third-order valence-electron chi connectivity index (χ3n) is 3.83. The summed E-state index contributed by atoms with van der Waals surface area (Å²) in [6, 6.07) is 0. The molecular formula is C14H23N3O3. The van der Waals surface area contributed by atoms with Crippen molar-refractivity contribution in [3.8, 4) is 0 Å². The zero-order valence-corrected chi connectivity index (χ0v) is 12.3. The van der Waals surface area contributed by atoms with Gasteiger partial charge in [-0.25, -0.2) is 0 Å². The lowest BCUT2D eigenvalue weighted by atomic mass is 9.82. The van der Waals surface area contributed by atoms with Gasteiger partial charge >= 0.3 is 5.97 Å². The second kappa shape index (κ2) is 7.07. The molecule has 6 heteroatoms. The van der Waals surface area contributed by atoms with Gasteiger partial charge in [-0.1, -0.05) is 13.8 Å². The van der Waals surface area contributed by atoms with E-state index in [1.807, 2.05) is 27.1 Å². The van der Waals surface area contributed by atoms with E-state index in [2.05, 4.69) is 10.4 Å². The Morgan fingerprint density at radius 2 is 2.05 bits per heavy atom. The number of carbonyl (C=O) groups excluding carboxylic acids is 1. The Labute approximate surface area is 119 Å². The van der Waals surface area contributed by atoms with E-state index in [9.17, 15) is 14.7 Å². The normalized spacial score (nSPS) is 11.3. The van der Waals surface area contributed by atoms with E-state index in [1.54, 1.807) is 10.9 Å². The molecule has 0 fully saturated rings. The van der Waals surface area contributed by atoms with Crippen LogP contribution in [0.1, 0.15) is 38.7 Å². The molecule has 1 amide bonds. The molecule has 0 saturated heterocycles. The summed E-state index contributed by atoms with van der Waals surface area (Å²) in [6.45, 7) is 3.85. The number of nitrogens with zero attached hydrogens (tertiary/aromatic N) is 2. The quantitative estimate of drug-likeness (QED) is 0.753. The molecule has 0 aliphatic rings. The van der Waals surface area contributed by atoms with Crippen molar-refractivity contribution in [3.05, 3.63) is 18.0 Å². The van der Waals surface area contributed by atoms with Crippen LogP contribution in [0, 0.1) is 5.41 Å². The van der Waals surface area contributed by atoms with Crippen LogP contribution >= 0.6 is 0 Å². The lowest BCUT2D eigenvalue weighted by Gasteiger charge is -2.26. The Hall–Kier alpha value is -1.85. The highest BCUT2D eigenvalue weighted by molar-refractivity contribution is 5.79. The number of aryl methyl sites for hydroxylation is 2. The molecule has 0 aromatic carbocycles. The summed E-state index contributed by atoms with van der Waals surface area (Å²) in [4.78, 5) is 23.1. The Kier molecular flexibility index (Phi) is 5.73. The number of nitrogens with one attached hydrogen (secondary N) is 1. The van der Waals surface area contributed by atoms with E-state index in [-0.39, 0.29) is 12.5 Å². The van der Waals surface area contributed by atoms with Gasteiger partial charge in [0, 0.05) is 26.2 Å². The van der Waals surface area contributed by atoms with Crippen LogP contribution in [0.4, 0.5) is 0 Å². The fourth-order valence-electron chi connectivity index (χ4n) is 2.09. The number of amides is 1. The first-order valence-electron chi connectivity index (χ1n) is 6.91. The fraction of sp³-hybridized carbons (Fsp3) is 0.643. The molecule has 1 rings (SSSR count). The number of rotatable bonds is 8. The number of carbonyl (C=O) groups is 2. The Balaban J connectivity index is 2.44. The maximum absolute atomic E-state index is 11.8. The Bertz CT molecular complexity index is 464. The molecule has 20 heavy (non-hydrogen) atoms. The maximum Gasteiger partial charge on any atom is 0.311 e. The highest BCUT2D eigenvalue weighted by Crippen LogP contribution is 2.25. The van der Waals surface area contributed by atoms with Crippen molar-refractivity contribution in [2.75, 3.05) is 6.54 Å². The van der Waals surface area contributed by atoms with Gasteiger partial charge in [0.25, 0.3) is 0 Å². The molecule has 0 aliphatic carbocycles. The van der Waals surface area contributed by atoms with Crippen molar-refractivity contribution in [1.82, 2.24) is 15.1 Å². The van der Waals surface area contributed by atoms with Gasteiger partial charge in [-0.3, -0.25) is 14.3 Å². The van der Waals surface area contributed by atoms with Crippen LogP contribution in [0.2, 0.25) is 0 Å². The number of carboxylic acids is 1. The third-order valence-corrected chi connectivity index (χ3v) is 3.83. The first-order chi connectivity index (χ1) is 9.43. The first kappa shape index (κ1) is 16.2. The molecule has 0 aliphatic heterocycles. The minimum absolute atomic E-state index is 0.124. The van der Waals surface area contributed by atoms with Crippen LogP contribution in [-0.4, -0.2) is 33.3 Å². The van der Waals surface area contributed by atoms with Crippen molar-refractivity contribution < 1.29 is 14.7 Å². The van der Waals surface area contributed by atoms with Crippen molar-refractivity contribution in [2.45, 2.75) is 39.5 Å². The lowest BCUT2D eigenvalue weighted by molar-refractivity contribution is -0.149. The lowest BCUT2D eigenvalue weighted by Crippen LogP contribution is -2.42. The summed E-state index contributed by atoms with van der Waals surface area (Å²) in [6.07, 6.45) is 5.55. The van der Waals surface area contributed by atoms with Gasteiger partial charge in [-0.15, -0.1) is 0 Å². The van der Waals surface area contributed by atoms with Gasteiger partial charge in [0.15, 0.2) is 0 Å². The summed E-state index contributed by atoms with van der Waals surface area (Å²) in [5.41, 5.74) is 0.141. The van der Waals surface area contributed by atoms with Crippen LogP contribution in [0.3, 0.4) is 0 Å². The summed E-state index contributed by atoms with van der Waals surface area (Å²) < 4.78 is 1.69. The van der Waals surface area contributed by atoms with E-state index >= 15 is 0 Å². The minimum Gasteiger partial charge on any atom is -0.481 e. The standard InChI is InChI=1S/C14H23N3O3/c1-4-14(5-2,13(19)20)10-15-12(18)7-6-11-8-16-17(3)9-11/h8-9H,4-7,10H2,1-3H3,(H,15,18)(H,19,20). The van der Waals surface area contributed by atoms with Gasteiger partial charge in [0.05, 0.1) is 11.6 Å². The van der Waals surface area contributed by atoms with Gasteiger partial charge in [-0.05, 0) is 24.8 Å². The molecule has 6 nitrogen and oxygen atoms in total. The van der Waals surface area contributed by atoms with E-state index in [0.29, 0.717) is 25.7 Å². The average molecular weight is 281 g/mol. The van der Waals surface area contributed by atoms with Crippen LogP contribution in [0.5, 0.6) is 0 Å². The van der Waals surface area contributed by atoms with Crippen molar-refractivity contribution >= 4 is 11.9 Å². The zero-order valence-electron chi connectivity index (χ0n) is 12.3. The van der Waals surface area contributed by atoms with Gasteiger partial charge in [-0.2, -0.15) is 5.10 Å². The topological polar surface area (TPSA) is 84.2 Å². The molecule has 0 radical (unpaired) electrons.